The second-order valence-electron chi connectivity index (χ2n) is 4.92. The SMILES string of the molecule is COc1ccc(C(=O)NCCN(C)C2CC2)c(N)c1. The number of likely N-dealkylation sites (N-methyl/N-ethyl adjacent to an activating group) is 1. The number of carbonyl (C=O) groups is 1. The molecule has 3 N–H and O–H groups in total. The molecule has 1 saturated carbocycles. The highest BCUT2D eigenvalue weighted by atomic mass is 16.5. The van der Waals surface area contributed by atoms with Crippen LogP contribution in [-0.2, 0) is 0 Å². The molecular formula is C14H21N3O2. The normalized spacial score (nSPS) is 14.5. The first kappa shape index (κ1) is 13.7. The summed E-state index contributed by atoms with van der Waals surface area (Å²) in [6.45, 7) is 1.50. The van der Waals surface area contributed by atoms with Crippen molar-refractivity contribution in [1.82, 2.24) is 10.2 Å². The average Bonchev–Trinajstić information content (AvgIpc) is 3.22. The van der Waals surface area contributed by atoms with Crippen LogP contribution in [0.25, 0.3) is 0 Å². The van der Waals surface area contributed by atoms with Crippen molar-refractivity contribution in [3.63, 3.8) is 0 Å². The van der Waals surface area contributed by atoms with E-state index in [4.69, 9.17) is 10.5 Å². The molecule has 1 fully saturated rings. The number of nitrogens with zero attached hydrogens (tertiary/aromatic N) is 1. The predicted molar refractivity (Wildman–Crippen MR) is 75.4 cm³/mol. The van der Waals surface area contributed by atoms with Gasteiger partial charge < -0.3 is 20.7 Å². The first-order valence-corrected chi connectivity index (χ1v) is 6.53. The number of nitrogens with one attached hydrogen (secondary N) is 1. The van der Waals surface area contributed by atoms with E-state index in [1.54, 1.807) is 25.3 Å². The van der Waals surface area contributed by atoms with Crippen LogP contribution in [-0.4, -0.2) is 44.1 Å². The van der Waals surface area contributed by atoms with Crippen molar-refractivity contribution in [2.24, 2.45) is 0 Å². The molecule has 104 valence electrons. The van der Waals surface area contributed by atoms with Gasteiger partial charge in [0.05, 0.1) is 12.7 Å². The third-order valence-electron chi connectivity index (χ3n) is 3.42. The van der Waals surface area contributed by atoms with Crippen molar-refractivity contribution >= 4 is 11.6 Å². The first-order valence-electron chi connectivity index (χ1n) is 6.53. The lowest BCUT2D eigenvalue weighted by atomic mass is 10.1. The maximum Gasteiger partial charge on any atom is 0.253 e. The van der Waals surface area contributed by atoms with Crippen LogP contribution in [0.15, 0.2) is 18.2 Å². The van der Waals surface area contributed by atoms with E-state index in [1.807, 2.05) is 0 Å². The third-order valence-corrected chi connectivity index (χ3v) is 3.42. The van der Waals surface area contributed by atoms with Gasteiger partial charge in [-0.3, -0.25) is 4.79 Å². The van der Waals surface area contributed by atoms with Crippen LogP contribution in [0.2, 0.25) is 0 Å². The van der Waals surface area contributed by atoms with Gasteiger partial charge in [0, 0.05) is 30.9 Å². The molecule has 0 heterocycles. The zero-order valence-electron chi connectivity index (χ0n) is 11.5. The minimum Gasteiger partial charge on any atom is -0.497 e. The number of methoxy groups -OCH3 is 1. The highest BCUT2D eigenvalue weighted by Gasteiger charge is 2.25. The fraction of sp³-hybridized carbons (Fsp3) is 0.500. The van der Waals surface area contributed by atoms with Crippen molar-refractivity contribution in [3.05, 3.63) is 23.8 Å². The first-order chi connectivity index (χ1) is 9.11. The molecule has 1 aromatic rings. The monoisotopic (exact) mass is 263 g/mol. The quantitative estimate of drug-likeness (QED) is 0.754. The number of anilines is 1. The number of nitrogens with two attached hydrogens (primary N) is 1. The zero-order valence-corrected chi connectivity index (χ0v) is 11.5. The van der Waals surface area contributed by atoms with Gasteiger partial charge in [-0.1, -0.05) is 0 Å². The number of benzene rings is 1. The second kappa shape index (κ2) is 5.93. The Labute approximate surface area is 113 Å². The molecule has 5 nitrogen and oxygen atoms in total. The summed E-state index contributed by atoms with van der Waals surface area (Å²) in [7, 11) is 3.66. The molecule has 0 bridgehead atoms. The Balaban J connectivity index is 1.85. The van der Waals surface area contributed by atoms with Crippen LogP contribution < -0.4 is 15.8 Å². The van der Waals surface area contributed by atoms with Gasteiger partial charge in [0.15, 0.2) is 0 Å². The maximum absolute atomic E-state index is 12.0. The number of nitrogen functional groups attached to an aromatic ring is 1. The number of amides is 1. The van der Waals surface area contributed by atoms with Gasteiger partial charge in [-0.25, -0.2) is 0 Å². The lowest BCUT2D eigenvalue weighted by Crippen LogP contribution is -2.34. The Morgan fingerprint density at radius 1 is 1.53 bits per heavy atom. The second-order valence-corrected chi connectivity index (χ2v) is 4.92. The number of carbonyl (C=O) groups excluding carboxylic acids is 1. The molecule has 2 rings (SSSR count). The van der Waals surface area contributed by atoms with Crippen LogP contribution in [0.4, 0.5) is 5.69 Å². The van der Waals surface area contributed by atoms with Crippen molar-refractivity contribution in [3.8, 4) is 5.75 Å². The molecule has 1 aliphatic carbocycles. The van der Waals surface area contributed by atoms with Gasteiger partial charge in [0.2, 0.25) is 0 Å². The standard InChI is InChI=1S/C14H21N3O2/c1-17(10-3-4-10)8-7-16-14(18)12-6-5-11(19-2)9-13(12)15/h5-6,9-10H,3-4,7-8,15H2,1-2H3,(H,16,18). The summed E-state index contributed by atoms with van der Waals surface area (Å²) in [4.78, 5) is 14.3. The molecule has 1 aliphatic rings. The van der Waals surface area contributed by atoms with Crippen LogP contribution in [0.1, 0.15) is 23.2 Å². The van der Waals surface area contributed by atoms with Crippen molar-refractivity contribution in [2.75, 3.05) is 33.0 Å². The Bertz CT molecular complexity index is 458. The Hall–Kier alpha value is -1.75. The molecular weight excluding hydrogens is 242 g/mol. The summed E-state index contributed by atoms with van der Waals surface area (Å²) in [5.74, 6) is 0.520. The minimum atomic E-state index is -0.135. The number of hydrogen-bond acceptors (Lipinski definition) is 4. The fourth-order valence-electron chi connectivity index (χ4n) is 2.01. The number of hydrogen-bond donors (Lipinski definition) is 2. The summed E-state index contributed by atoms with van der Waals surface area (Å²) < 4.78 is 5.06. The Morgan fingerprint density at radius 2 is 2.26 bits per heavy atom. The van der Waals surface area contributed by atoms with E-state index in [0.29, 0.717) is 29.6 Å². The smallest absolute Gasteiger partial charge is 0.253 e. The highest BCUT2D eigenvalue weighted by molar-refractivity contribution is 5.99. The largest absolute Gasteiger partial charge is 0.497 e. The maximum atomic E-state index is 12.0. The van der Waals surface area contributed by atoms with E-state index in [-0.39, 0.29) is 5.91 Å². The predicted octanol–water partition coefficient (Wildman–Crippen LogP) is 1.10. The van der Waals surface area contributed by atoms with Gasteiger partial charge in [-0.05, 0) is 32.0 Å². The summed E-state index contributed by atoms with van der Waals surface area (Å²) in [5, 5.41) is 2.89. The summed E-state index contributed by atoms with van der Waals surface area (Å²) in [5.41, 5.74) is 6.77. The van der Waals surface area contributed by atoms with Crippen molar-refractivity contribution < 1.29 is 9.53 Å². The molecule has 0 radical (unpaired) electrons. The highest BCUT2D eigenvalue weighted by Crippen LogP contribution is 2.24. The molecule has 0 unspecified atom stereocenters. The van der Waals surface area contributed by atoms with Crippen molar-refractivity contribution in [2.45, 2.75) is 18.9 Å². The number of rotatable bonds is 6. The van der Waals surface area contributed by atoms with E-state index < -0.39 is 0 Å². The molecule has 0 atom stereocenters. The lowest BCUT2D eigenvalue weighted by molar-refractivity contribution is 0.0950. The van der Waals surface area contributed by atoms with E-state index in [0.717, 1.165) is 6.54 Å². The average molecular weight is 263 g/mol. The summed E-state index contributed by atoms with van der Waals surface area (Å²) >= 11 is 0. The minimum absolute atomic E-state index is 0.135. The van der Waals surface area contributed by atoms with Crippen LogP contribution in [0.3, 0.4) is 0 Å². The molecule has 0 aromatic heterocycles. The molecule has 0 aliphatic heterocycles. The Kier molecular flexibility index (Phi) is 4.27. The van der Waals surface area contributed by atoms with Gasteiger partial charge in [0.25, 0.3) is 5.91 Å². The van der Waals surface area contributed by atoms with E-state index in [2.05, 4.69) is 17.3 Å². The third kappa shape index (κ3) is 3.61. The van der Waals surface area contributed by atoms with Crippen LogP contribution in [0.5, 0.6) is 5.75 Å². The van der Waals surface area contributed by atoms with Gasteiger partial charge in [0.1, 0.15) is 5.75 Å². The number of ether oxygens (including phenoxy) is 1. The van der Waals surface area contributed by atoms with Gasteiger partial charge in [-0.2, -0.15) is 0 Å². The lowest BCUT2D eigenvalue weighted by Gasteiger charge is -2.16. The van der Waals surface area contributed by atoms with Crippen LogP contribution >= 0.6 is 0 Å². The fourth-order valence-corrected chi connectivity index (χ4v) is 2.01. The topological polar surface area (TPSA) is 67.6 Å². The van der Waals surface area contributed by atoms with E-state index in [9.17, 15) is 4.79 Å². The summed E-state index contributed by atoms with van der Waals surface area (Å²) in [6.07, 6.45) is 2.55. The van der Waals surface area contributed by atoms with Gasteiger partial charge in [-0.15, -0.1) is 0 Å². The molecule has 5 heteroatoms. The summed E-state index contributed by atoms with van der Waals surface area (Å²) in [6, 6.07) is 5.80. The molecule has 1 amide bonds. The molecule has 0 saturated heterocycles. The van der Waals surface area contributed by atoms with Crippen LogP contribution in [0, 0.1) is 0 Å². The van der Waals surface area contributed by atoms with Gasteiger partial charge >= 0.3 is 0 Å². The molecule has 1 aromatic carbocycles. The van der Waals surface area contributed by atoms with E-state index >= 15 is 0 Å². The molecule has 0 spiro atoms. The van der Waals surface area contributed by atoms with E-state index in [1.165, 1.54) is 12.8 Å². The van der Waals surface area contributed by atoms with Crippen molar-refractivity contribution in [1.29, 1.82) is 0 Å². The molecule has 19 heavy (non-hydrogen) atoms. The zero-order chi connectivity index (χ0) is 13.8. The Morgan fingerprint density at radius 3 is 2.84 bits per heavy atom.